The molecule has 1 aromatic rings. The van der Waals surface area contributed by atoms with Gasteiger partial charge in [0.1, 0.15) is 0 Å². The summed E-state index contributed by atoms with van der Waals surface area (Å²) < 4.78 is 6.15. The fraction of sp³-hybridized carbons (Fsp3) is 0.533. The number of carbonyl (C=O) groups is 1. The van der Waals surface area contributed by atoms with Gasteiger partial charge in [0, 0.05) is 22.6 Å². The summed E-state index contributed by atoms with van der Waals surface area (Å²) in [6.45, 7) is 4.82. The molecule has 1 aromatic carbocycles. The van der Waals surface area contributed by atoms with Crippen LogP contribution in [0, 0.1) is 5.92 Å². The minimum absolute atomic E-state index is 0.00497. The highest BCUT2D eigenvalue weighted by Crippen LogP contribution is 2.25. The second kappa shape index (κ2) is 7.43. The standard InChI is InChI=1S/C15H19BrClNO2/c1-2-20-15(19)11-4-3-7-18(9-11)10-12-8-13(16)5-6-14(12)17/h5-6,8,11H,2-4,7,9-10H2,1H3. The molecule has 1 fully saturated rings. The molecule has 1 saturated heterocycles. The third-order valence-corrected chi connectivity index (χ3v) is 4.39. The molecule has 20 heavy (non-hydrogen) atoms. The Kier molecular flexibility index (Phi) is 5.87. The second-order valence-electron chi connectivity index (χ2n) is 5.06. The van der Waals surface area contributed by atoms with Crippen LogP contribution in [0.15, 0.2) is 22.7 Å². The fourth-order valence-corrected chi connectivity index (χ4v) is 3.14. The van der Waals surface area contributed by atoms with E-state index in [-0.39, 0.29) is 11.9 Å². The van der Waals surface area contributed by atoms with Gasteiger partial charge >= 0.3 is 5.97 Å². The van der Waals surface area contributed by atoms with Gasteiger partial charge in [-0.25, -0.2) is 0 Å². The topological polar surface area (TPSA) is 29.5 Å². The van der Waals surface area contributed by atoms with Crippen molar-refractivity contribution in [2.75, 3.05) is 19.7 Å². The average Bonchev–Trinajstić information content (AvgIpc) is 2.43. The van der Waals surface area contributed by atoms with Gasteiger partial charge in [-0.2, -0.15) is 0 Å². The maximum Gasteiger partial charge on any atom is 0.310 e. The van der Waals surface area contributed by atoms with Gasteiger partial charge in [0.15, 0.2) is 0 Å². The third-order valence-electron chi connectivity index (χ3n) is 3.53. The number of hydrogen-bond acceptors (Lipinski definition) is 3. The number of piperidine rings is 1. The molecule has 0 spiro atoms. The molecule has 1 heterocycles. The molecule has 1 aliphatic rings. The molecule has 1 atom stereocenters. The first-order chi connectivity index (χ1) is 9.60. The van der Waals surface area contributed by atoms with Crippen molar-refractivity contribution in [2.24, 2.45) is 5.92 Å². The minimum Gasteiger partial charge on any atom is -0.466 e. The van der Waals surface area contributed by atoms with E-state index in [4.69, 9.17) is 16.3 Å². The van der Waals surface area contributed by atoms with Gasteiger partial charge in [-0.3, -0.25) is 9.69 Å². The highest BCUT2D eigenvalue weighted by molar-refractivity contribution is 9.10. The summed E-state index contributed by atoms with van der Waals surface area (Å²) in [7, 11) is 0. The Hall–Kier alpha value is -0.580. The van der Waals surface area contributed by atoms with Gasteiger partial charge in [-0.15, -0.1) is 0 Å². The zero-order chi connectivity index (χ0) is 14.5. The van der Waals surface area contributed by atoms with E-state index < -0.39 is 0 Å². The minimum atomic E-state index is -0.0717. The molecule has 0 saturated carbocycles. The Bertz CT molecular complexity index is 481. The van der Waals surface area contributed by atoms with E-state index in [1.807, 2.05) is 25.1 Å². The molecule has 0 aliphatic carbocycles. The molecule has 3 nitrogen and oxygen atoms in total. The Morgan fingerprint density at radius 2 is 2.35 bits per heavy atom. The lowest BCUT2D eigenvalue weighted by atomic mass is 9.98. The van der Waals surface area contributed by atoms with E-state index in [0.717, 1.165) is 47.5 Å². The number of halogens is 2. The Morgan fingerprint density at radius 3 is 3.10 bits per heavy atom. The van der Waals surface area contributed by atoms with Crippen molar-refractivity contribution in [3.63, 3.8) is 0 Å². The lowest BCUT2D eigenvalue weighted by molar-refractivity contribution is -0.150. The van der Waals surface area contributed by atoms with Gasteiger partial charge in [0.2, 0.25) is 0 Å². The summed E-state index contributed by atoms with van der Waals surface area (Å²) in [6, 6.07) is 5.87. The van der Waals surface area contributed by atoms with E-state index in [1.54, 1.807) is 0 Å². The number of nitrogens with zero attached hydrogens (tertiary/aromatic N) is 1. The van der Waals surface area contributed by atoms with Crippen LogP contribution in [0.4, 0.5) is 0 Å². The van der Waals surface area contributed by atoms with Gasteiger partial charge < -0.3 is 4.74 Å². The molecule has 0 bridgehead atoms. The van der Waals surface area contributed by atoms with Gasteiger partial charge in [-0.05, 0) is 50.1 Å². The summed E-state index contributed by atoms with van der Waals surface area (Å²) in [5.74, 6) is -0.0767. The SMILES string of the molecule is CCOC(=O)C1CCCN(Cc2cc(Br)ccc2Cl)C1. The fourth-order valence-electron chi connectivity index (χ4n) is 2.56. The number of likely N-dealkylation sites (tertiary alicyclic amines) is 1. The van der Waals surface area contributed by atoms with Crippen molar-refractivity contribution in [1.29, 1.82) is 0 Å². The number of ether oxygens (including phenoxy) is 1. The zero-order valence-electron chi connectivity index (χ0n) is 11.6. The number of rotatable bonds is 4. The lowest BCUT2D eigenvalue weighted by Crippen LogP contribution is -2.39. The summed E-state index contributed by atoms with van der Waals surface area (Å²) in [4.78, 5) is 14.1. The van der Waals surface area contributed by atoms with Crippen LogP contribution in [0.2, 0.25) is 5.02 Å². The average molecular weight is 361 g/mol. The molecular formula is C15H19BrClNO2. The molecule has 110 valence electrons. The van der Waals surface area contributed by atoms with Crippen molar-refractivity contribution in [1.82, 2.24) is 4.90 Å². The van der Waals surface area contributed by atoms with Crippen LogP contribution in [-0.2, 0) is 16.1 Å². The zero-order valence-corrected chi connectivity index (χ0v) is 13.9. The van der Waals surface area contributed by atoms with E-state index in [9.17, 15) is 4.79 Å². The van der Waals surface area contributed by atoms with E-state index in [2.05, 4.69) is 20.8 Å². The van der Waals surface area contributed by atoms with Crippen LogP contribution >= 0.6 is 27.5 Å². The maximum absolute atomic E-state index is 11.8. The smallest absolute Gasteiger partial charge is 0.310 e. The van der Waals surface area contributed by atoms with Crippen LogP contribution in [0.5, 0.6) is 0 Å². The van der Waals surface area contributed by atoms with Crippen molar-refractivity contribution in [3.05, 3.63) is 33.3 Å². The Labute approximate surface area is 133 Å². The van der Waals surface area contributed by atoms with Crippen LogP contribution in [0.25, 0.3) is 0 Å². The van der Waals surface area contributed by atoms with Gasteiger partial charge in [0.05, 0.1) is 12.5 Å². The number of esters is 1. The summed E-state index contributed by atoms with van der Waals surface area (Å²) >= 11 is 9.69. The predicted molar refractivity (Wildman–Crippen MR) is 83.8 cm³/mol. The van der Waals surface area contributed by atoms with Crippen LogP contribution in [-0.4, -0.2) is 30.6 Å². The molecule has 0 aromatic heterocycles. The molecule has 1 unspecified atom stereocenters. The lowest BCUT2D eigenvalue weighted by Gasteiger charge is -2.31. The molecule has 2 rings (SSSR count). The highest BCUT2D eigenvalue weighted by atomic mass is 79.9. The first-order valence-electron chi connectivity index (χ1n) is 6.93. The van der Waals surface area contributed by atoms with E-state index >= 15 is 0 Å². The van der Waals surface area contributed by atoms with Crippen molar-refractivity contribution >= 4 is 33.5 Å². The monoisotopic (exact) mass is 359 g/mol. The second-order valence-corrected chi connectivity index (χ2v) is 6.38. The number of carbonyl (C=O) groups excluding carboxylic acids is 1. The first-order valence-corrected chi connectivity index (χ1v) is 8.10. The van der Waals surface area contributed by atoms with Crippen LogP contribution in [0.3, 0.4) is 0 Å². The van der Waals surface area contributed by atoms with Crippen molar-refractivity contribution < 1.29 is 9.53 Å². The molecule has 5 heteroatoms. The molecule has 1 aliphatic heterocycles. The normalized spacial score (nSPS) is 19.9. The Balaban J connectivity index is 1.99. The summed E-state index contributed by atoms with van der Waals surface area (Å²) in [6.07, 6.45) is 1.94. The maximum atomic E-state index is 11.8. The third kappa shape index (κ3) is 4.21. The summed E-state index contributed by atoms with van der Waals surface area (Å²) in [5, 5.41) is 0.770. The molecular weight excluding hydrogens is 342 g/mol. The molecule has 0 N–H and O–H groups in total. The quantitative estimate of drug-likeness (QED) is 0.763. The predicted octanol–water partition coefficient (Wildman–Crippen LogP) is 3.88. The van der Waals surface area contributed by atoms with E-state index in [0.29, 0.717) is 6.61 Å². The molecule has 0 radical (unpaired) electrons. The van der Waals surface area contributed by atoms with E-state index in [1.165, 1.54) is 0 Å². The van der Waals surface area contributed by atoms with Gasteiger partial charge in [0.25, 0.3) is 0 Å². The number of hydrogen-bond donors (Lipinski definition) is 0. The van der Waals surface area contributed by atoms with Crippen LogP contribution < -0.4 is 0 Å². The van der Waals surface area contributed by atoms with Crippen LogP contribution in [0.1, 0.15) is 25.3 Å². The molecule has 0 amide bonds. The van der Waals surface area contributed by atoms with Crippen molar-refractivity contribution in [3.8, 4) is 0 Å². The summed E-state index contributed by atoms with van der Waals surface area (Å²) in [5.41, 5.74) is 1.09. The van der Waals surface area contributed by atoms with Gasteiger partial charge in [-0.1, -0.05) is 27.5 Å². The first kappa shape index (κ1) is 15.8. The number of benzene rings is 1. The largest absolute Gasteiger partial charge is 0.466 e. The van der Waals surface area contributed by atoms with Crippen molar-refractivity contribution in [2.45, 2.75) is 26.3 Å². The Morgan fingerprint density at radius 1 is 1.55 bits per heavy atom. The highest BCUT2D eigenvalue weighted by Gasteiger charge is 2.27.